The molecule has 1 heterocycles. The van der Waals surface area contributed by atoms with Crippen LogP contribution in [0.1, 0.15) is 141 Å². The van der Waals surface area contributed by atoms with E-state index in [-0.39, 0.29) is 0 Å². The van der Waals surface area contributed by atoms with Crippen LogP contribution in [0.4, 0.5) is 11.4 Å². The Morgan fingerprint density at radius 3 is 1.27 bits per heavy atom. The number of hydrogen-bond donors (Lipinski definition) is 0. The number of quaternary nitrogens is 1. The first kappa shape index (κ1) is 47.7. The highest BCUT2D eigenvalue weighted by Gasteiger charge is 2.09. The number of hydrogen-bond acceptors (Lipinski definition) is 8. The van der Waals surface area contributed by atoms with E-state index in [0.29, 0.717) is 70.0 Å². The maximum absolute atomic E-state index is 5.99. The highest BCUT2D eigenvalue weighted by atomic mass is 16.6. The van der Waals surface area contributed by atoms with Gasteiger partial charge in [-0.15, -0.1) is 0 Å². The van der Waals surface area contributed by atoms with Crippen LogP contribution in [0.5, 0.6) is 17.2 Å². The summed E-state index contributed by atoms with van der Waals surface area (Å²) in [4.78, 5) is 0. The van der Waals surface area contributed by atoms with Crippen molar-refractivity contribution in [2.75, 3.05) is 87.1 Å². The van der Waals surface area contributed by atoms with Gasteiger partial charge in [-0.2, -0.15) is 10.2 Å². The number of azo groups is 1. The molecule has 0 aromatic heterocycles. The van der Waals surface area contributed by atoms with E-state index < -0.39 is 0 Å². The highest BCUT2D eigenvalue weighted by Crippen LogP contribution is 2.33. The van der Waals surface area contributed by atoms with E-state index in [1.54, 1.807) is 0 Å². The molecular weight excluding hydrogens is 703 g/mol. The Bertz CT molecular complexity index is 1240. The van der Waals surface area contributed by atoms with E-state index in [1.807, 2.05) is 42.5 Å². The molecule has 0 bridgehead atoms. The lowest BCUT2D eigenvalue weighted by Crippen LogP contribution is -2.35. The number of ether oxygens (including phenoxy) is 6. The van der Waals surface area contributed by atoms with Crippen LogP contribution < -0.4 is 14.2 Å². The predicted octanol–water partition coefficient (Wildman–Crippen LogP) is 12.6. The minimum atomic E-state index is 0.397. The summed E-state index contributed by atoms with van der Waals surface area (Å²) in [7, 11) is 6.90. The van der Waals surface area contributed by atoms with E-state index in [4.69, 9.17) is 28.4 Å². The van der Waals surface area contributed by atoms with Gasteiger partial charge in [-0.05, 0) is 55.7 Å². The molecule has 9 nitrogen and oxygen atoms in total. The van der Waals surface area contributed by atoms with Crippen molar-refractivity contribution in [2.24, 2.45) is 10.2 Å². The summed E-state index contributed by atoms with van der Waals surface area (Å²) in [6.45, 7) is 5.93. The Kier molecular flexibility index (Phi) is 27.5. The lowest BCUT2D eigenvalue weighted by atomic mass is 10.0. The van der Waals surface area contributed by atoms with Crippen LogP contribution in [0.3, 0.4) is 0 Å². The molecule has 0 fully saturated rings. The van der Waals surface area contributed by atoms with Crippen molar-refractivity contribution in [3.05, 3.63) is 42.5 Å². The molecule has 318 valence electrons. The lowest BCUT2D eigenvalue weighted by molar-refractivity contribution is -0.870. The Morgan fingerprint density at radius 1 is 0.429 bits per heavy atom. The molecule has 0 aliphatic carbocycles. The third-order valence-corrected chi connectivity index (χ3v) is 10.3. The number of rotatable bonds is 28. The molecule has 1 aliphatic rings. The van der Waals surface area contributed by atoms with Gasteiger partial charge in [0.2, 0.25) is 0 Å². The van der Waals surface area contributed by atoms with Gasteiger partial charge in [0.15, 0.2) is 11.5 Å². The monoisotopic (exact) mass is 783 g/mol. The van der Waals surface area contributed by atoms with Crippen molar-refractivity contribution in [2.45, 2.75) is 141 Å². The van der Waals surface area contributed by atoms with Gasteiger partial charge >= 0.3 is 0 Å². The predicted molar refractivity (Wildman–Crippen MR) is 230 cm³/mol. The van der Waals surface area contributed by atoms with Gasteiger partial charge in [0.1, 0.15) is 19.0 Å². The van der Waals surface area contributed by atoms with Crippen LogP contribution in [0.15, 0.2) is 52.7 Å². The number of fused-ring (bicyclic) bond motifs is 1. The van der Waals surface area contributed by atoms with Gasteiger partial charge in [0, 0.05) is 6.07 Å². The van der Waals surface area contributed by atoms with Gasteiger partial charge in [0.25, 0.3) is 0 Å². The van der Waals surface area contributed by atoms with Gasteiger partial charge < -0.3 is 32.9 Å². The van der Waals surface area contributed by atoms with Gasteiger partial charge in [0.05, 0.1) is 85.3 Å². The molecule has 0 amide bonds. The molecule has 3 rings (SSSR count). The molecule has 2 aromatic rings. The third kappa shape index (κ3) is 26.2. The number of nitrogens with zero attached hydrogens (tertiary/aromatic N) is 3. The Hall–Kier alpha value is -2.72. The van der Waals surface area contributed by atoms with Crippen molar-refractivity contribution in [3.63, 3.8) is 0 Å². The van der Waals surface area contributed by atoms with Gasteiger partial charge in [-0.3, -0.25) is 0 Å². The largest absolute Gasteiger partial charge is 0.494 e. The maximum Gasteiger partial charge on any atom is 0.163 e. The molecule has 0 unspecified atom stereocenters. The summed E-state index contributed by atoms with van der Waals surface area (Å²) in [5.74, 6) is 2.11. The zero-order valence-corrected chi connectivity index (χ0v) is 36.0. The van der Waals surface area contributed by atoms with Crippen LogP contribution in [0.2, 0.25) is 0 Å². The second-order valence-electron chi connectivity index (χ2n) is 16.5. The van der Waals surface area contributed by atoms with E-state index in [0.717, 1.165) is 28.9 Å². The summed E-state index contributed by atoms with van der Waals surface area (Å²) in [5.41, 5.74) is 1.44. The fraction of sp³-hybridized carbons (Fsp3) is 0.745. The molecule has 2 aromatic carbocycles. The van der Waals surface area contributed by atoms with Crippen molar-refractivity contribution in [1.29, 1.82) is 0 Å². The smallest absolute Gasteiger partial charge is 0.163 e. The van der Waals surface area contributed by atoms with E-state index in [2.05, 4.69) is 31.4 Å². The first-order valence-corrected chi connectivity index (χ1v) is 22.6. The zero-order valence-electron chi connectivity index (χ0n) is 36.0. The first-order valence-electron chi connectivity index (χ1n) is 22.6. The van der Waals surface area contributed by atoms with Crippen LogP contribution in [-0.2, 0) is 14.2 Å². The molecule has 0 spiro atoms. The molecule has 0 atom stereocenters. The quantitative estimate of drug-likeness (QED) is 0.0486. The minimum absolute atomic E-state index is 0.397. The van der Waals surface area contributed by atoms with Crippen LogP contribution >= 0.6 is 0 Å². The van der Waals surface area contributed by atoms with E-state index >= 15 is 0 Å². The summed E-state index contributed by atoms with van der Waals surface area (Å²) in [6, 6.07) is 13.3. The first-order chi connectivity index (χ1) is 27.5. The fourth-order valence-electron chi connectivity index (χ4n) is 6.89. The number of unbranched alkanes of at least 4 members (excludes halogenated alkanes) is 21. The summed E-state index contributed by atoms with van der Waals surface area (Å²) >= 11 is 0. The Balaban J connectivity index is 1.11. The minimum Gasteiger partial charge on any atom is -0.494 e. The van der Waals surface area contributed by atoms with E-state index in [9.17, 15) is 0 Å². The molecule has 0 saturated carbocycles. The average Bonchev–Trinajstić information content (AvgIpc) is 3.20. The van der Waals surface area contributed by atoms with Gasteiger partial charge in [-0.25, -0.2) is 0 Å². The molecule has 9 heteroatoms. The fourth-order valence-corrected chi connectivity index (χ4v) is 6.89. The summed E-state index contributed by atoms with van der Waals surface area (Å²) in [6.07, 6.45) is 30.7. The van der Waals surface area contributed by atoms with E-state index in [1.165, 1.54) is 141 Å². The Morgan fingerprint density at radius 2 is 0.804 bits per heavy atom. The molecule has 0 saturated heterocycles. The second-order valence-corrected chi connectivity index (χ2v) is 16.5. The van der Waals surface area contributed by atoms with Gasteiger partial charge in [-0.1, -0.05) is 122 Å². The van der Waals surface area contributed by atoms with Crippen molar-refractivity contribution < 1.29 is 32.9 Å². The number of benzene rings is 2. The van der Waals surface area contributed by atoms with Crippen LogP contribution in [-0.4, -0.2) is 91.6 Å². The maximum atomic E-state index is 5.99. The second kappa shape index (κ2) is 32.3. The molecule has 56 heavy (non-hydrogen) atoms. The third-order valence-electron chi connectivity index (χ3n) is 10.3. The Labute approximate surface area is 341 Å². The topological polar surface area (TPSA) is 80.1 Å². The molecule has 1 aliphatic heterocycles. The highest BCUT2D eigenvalue weighted by molar-refractivity contribution is 5.52. The lowest BCUT2D eigenvalue weighted by Gasteiger charge is -2.23. The van der Waals surface area contributed by atoms with Crippen molar-refractivity contribution in [1.82, 2.24) is 0 Å². The normalized spacial score (nSPS) is 14.8. The zero-order chi connectivity index (χ0) is 39.6. The molecule has 0 radical (unpaired) electrons. The SMILES string of the molecule is C[N+](C)(C)CCCCCCCCCCCCCCCCCCCCCCCCOc1ccc(N=Nc2ccc3c(c2)OCCOCCOCCOCCO3)cc1. The van der Waals surface area contributed by atoms with Crippen molar-refractivity contribution >= 4 is 11.4 Å². The van der Waals surface area contributed by atoms with Crippen LogP contribution in [0, 0.1) is 0 Å². The summed E-state index contributed by atoms with van der Waals surface area (Å²) < 4.78 is 35.5. The molecule has 0 N–H and O–H groups in total. The van der Waals surface area contributed by atoms with Crippen molar-refractivity contribution in [3.8, 4) is 17.2 Å². The average molecular weight is 783 g/mol. The molecular formula is C47H80N3O6+. The van der Waals surface area contributed by atoms with Crippen LogP contribution in [0.25, 0.3) is 0 Å². The standard InChI is InChI=1S/C47H80N3O6/c1-50(2,3)32-24-22-20-18-16-14-12-10-8-6-4-5-7-9-11-13-15-17-19-21-23-25-33-54-45-29-26-43(27-30-45)48-49-44-28-31-46-47(42-44)56-41-39-53-37-35-51-34-36-52-38-40-55-46/h26-31,42H,4-25,32-41H2,1-3H3/q+1. The summed E-state index contributed by atoms with van der Waals surface area (Å²) in [5, 5.41) is 8.84.